The Balaban J connectivity index is 2.47. The average molecular weight is 374 g/mol. The van der Waals surface area contributed by atoms with Gasteiger partial charge in [0.1, 0.15) is 12.2 Å². The maximum atomic E-state index is 9.69. The van der Waals surface area contributed by atoms with Gasteiger partial charge in [-0.25, -0.2) is 0 Å². The van der Waals surface area contributed by atoms with Crippen LogP contribution < -0.4 is 0 Å². The van der Waals surface area contributed by atoms with Crippen LogP contribution in [0.3, 0.4) is 0 Å². The van der Waals surface area contributed by atoms with E-state index in [-0.39, 0.29) is 13.1 Å². The first-order chi connectivity index (χ1) is 12.3. The van der Waals surface area contributed by atoms with Crippen molar-refractivity contribution in [2.24, 2.45) is 0 Å². The summed E-state index contributed by atoms with van der Waals surface area (Å²) in [6.45, 7) is 0.194. The first-order valence-electron chi connectivity index (χ1n) is 8.37. The van der Waals surface area contributed by atoms with Crippen molar-refractivity contribution in [3.63, 3.8) is 0 Å². The highest BCUT2D eigenvalue weighted by Gasteiger charge is 2.18. The van der Waals surface area contributed by atoms with Crippen LogP contribution in [-0.4, -0.2) is 115 Å². The maximum Gasteiger partial charge on any atom is 0.104 e. The van der Waals surface area contributed by atoms with Crippen molar-refractivity contribution in [3.8, 4) is 0 Å². The van der Waals surface area contributed by atoms with Crippen molar-refractivity contribution < 1.29 is 30.6 Å². The molecule has 0 bridgehead atoms. The van der Waals surface area contributed by atoms with Crippen LogP contribution >= 0.6 is 0 Å². The van der Waals surface area contributed by atoms with E-state index in [4.69, 9.17) is 10.2 Å². The van der Waals surface area contributed by atoms with E-state index < -0.39 is 37.6 Å². The van der Waals surface area contributed by atoms with E-state index in [1.54, 1.807) is 36.3 Å². The van der Waals surface area contributed by atoms with Crippen molar-refractivity contribution in [2.45, 2.75) is 37.5 Å². The summed E-state index contributed by atoms with van der Waals surface area (Å²) in [5.74, 6) is 0. The summed E-state index contributed by atoms with van der Waals surface area (Å²) in [4.78, 5) is 12.1. The summed E-state index contributed by atoms with van der Waals surface area (Å²) < 4.78 is 0. The van der Waals surface area contributed by atoms with E-state index in [1.807, 2.05) is 0 Å². The molecule has 150 valence electrons. The monoisotopic (exact) mass is 374 g/mol. The van der Waals surface area contributed by atoms with E-state index in [0.717, 1.165) is 0 Å². The van der Waals surface area contributed by atoms with Crippen LogP contribution in [0.1, 0.15) is 11.4 Å². The van der Waals surface area contributed by atoms with Crippen molar-refractivity contribution in [1.29, 1.82) is 0 Å². The lowest BCUT2D eigenvalue weighted by molar-refractivity contribution is -0.0276. The Morgan fingerprint density at radius 3 is 1.35 bits per heavy atom. The minimum atomic E-state index is -1.18. The average Bonchev–Trinajstić information content (AvgIpc) is 2.61. The van der Waals surface area contributed by atoms with Gasteiger partial charge in [-0.15, -0.1) is 0 Å². The molecule has 0 radical (unpaired) electrons. The zero-order valence-corrected chi connectivity index (χ0v) is 15.2. The van der Waals surface area contributed by atoms with Crippen molar-refractivity contribution in [1.82, 2.24) is 19.8 Å². The summed E-state index contributed by atoms with van der Waals surface area (Å²) in [5.41, 5.74) is 1.36. The number of aliphatic hydroxyl groups is 6. The lowest BCUT2D eigenvalue weighted by Crippen LogP contribution is -2.39. The van der Waals surface area contributed by atoms with Crippen molar-refractivity contribution in [2.75, 3.05) is 40.4 Å². The zero-order chi connectivity index (χ0) is 19.7. The molecule has 0 fully saturated rings. The Morgan fingerprint density at radius 2 is 1.08 bits per heavy atom. The fourth-order valence-corrected chi connectivity index (χ4v) is 2.35. The maximum absolute atomic E-state index is 9.69. The molecule has 0 aliphatic heterocycles. The Hall–Kier alpha value is -1.24. The summed E-state index contributed by atoms with van der Waals surface area (Å²) >= 11 is 0. The summed E-state index contributed by atoms with van der Waals surface area (Å²) in [6, 6.07) is 0. The summed E-state index contributed by atoms with van der Waals surface area (Å²) in [5, 5.41) is 55.7. The number of likely N-dealkylation sites (N-methyl/N-ethyl adjacent to an activating group) is 2. The number of nitrogens with zero attached hydrogens (tertiary/aromatic N) is 4. The smallest absolute Gasteiger partial charge is 0.104 e. The predicted octanol–water partition coefficient (Wildman–Crippen LogP) is -3.23. The number of hydrogen-bond donors (Lipinski definition) is 6. The first-order valence-corrected chi connectivity index (χ1v) is 8.37. The van der Waals surface area contributed by atoms with Crippen LogP contribution in [0.5, 0.6) is 0 Å². The molecule has 0 aromatic carbocycles. The second-order valence-corrected chi connectivity index (χ2v) is 6.53. The number of aromatic nitrogens is 2. The molecular formula is C16H30N4O6. The van der Waals surface area contributed by atoms with Gasteiger partial charge in [-0.05, 0) is 14.1 Å². The van der Waals surface area contributed by atoms with Gasteiger partial charge in [-0.1, -0.05) is 0 Å². The minimum Gasteiger partial charge on any atom is -0.394 e. The topological polar surface area (TPSA) is 154 Å². The Morgan fingerprint density at radius 1 is 0.731 bits per heavy atom. The molecule has 0 aliphatic rings. The van der Waals surface area contributed by atoms with Gasteiger partial charge < -0.3 is 30.6 Å². The highest BCUT2D eigenvalue weighted by atomic mass is 16.4. The standard InChI is InChI=1S/C16H30N4O6/c1-19(7-13(23)15(25)9-21)5-11-3-18-12(4-17-11)6-20(2)8-14(24)16(26)10-22/h3-4,13-16,21-26H,5-10H2,1-2H3. The van der Waals surface area contributed by atoms with Crippen molar-refractivity contribution >= 4 is 0 Å². The van der Waals surface area contributed by atoms with Gasteiger partial charge in [0.25, 0.3) is 0 Å². The number of rotatable bonds is 12. The predicted molar refractivity (Wildman–Crippen MR) is 92.9 cm³/mol. The van der Waals surface area contributed by atoms with Crippen LogP contribution in [0, 0.1) is 0 Å². The van der Waals surface area contributed by atoms with E-state index in [1.165, 1.54) is 0 Å². The van der Waals surface area contributed by atoms with E-state index in [0.29, 0.717) is 24.5 Å². The third-order valence-corrected chi connectivity index (χ3v) is 3.88. The van der Waals surface area contributed by atoms with Gasteiger partial charge in [0, 0.05) is 26.2 Å². The molecule has 0 saturated heterocycles. The molecule has 4 unspecified atom stereocenters. The summed E-state index contributed by atoms with van der Waals surface area (Å²) in [6.07, 6.45) is -1.25. The normalized spacial score (nSPS) is 16.7. The molecule has 1 aromatic heterocycles. The molecule has 0 saturated carbocycles. The molecule has 1 rings (SSSR count). The molecule has 0 amide bonds. The molecule has 0 spiro atoms. The van der Waals surface area contributed by atoms with Gasteiger partial charge in [-0.2, -0.15) is 0 Å². The molecular weight excluding hydrogens is 344 g/mol. The zero-order valence-electron chi connectivity index (χ0n) is 15.2. The minimum absolute atomic E-state index is 0.180. The van der Waals surface area contributed by atoms with Gasteiger partial charge in [0.2, 0.25) is 0 Å². The van der Waals surface area contributed by atoms with E-state index in [2.05, 4.69) is 9.97 Å². The molecule has 10 nitrogen and oxygen atoms in total. The van der Waals surface area contributed by atoms with Crippen LogP contribution in [0.2, 0.25) is 0 Å². The van der Waals surface area contributed by atoms with Crippen LogP contribution in [-0.2, 0) is 13.1 Å². The van der Waals surface area contributed by atoms with E-state index >= 15 is 0 Å². The summed E-state index contributed by atoms with van der Waals surface area (Å²) in [7, 11) is 3.51. The Bertz CT molecular complexity index is 461. The van der Waals surface area contributed by atoms with Crippen molar-refractivity contribution in [3.05, 3.63) is 23.8 Å². The second-order valence-electron chi connectivity index (χ2n) is 6.53. The van der Waals surface area contributed by atoms with Gasteiger partial charge in [0.15, 0.2) is 0 Å². The molecule has 0 aliphatic carbocycles. The lowest BCUT2D eigenvalue weighted by atomic mass is 10.2. The van der Waals surface area contributed by atoms with E-state index in [9.17, 15) is 20.4 Å². The lowest BCUT2D eigenvalue weighted by Gasteiger charge is -2.23. The third kappa shape index (κ3) is 7.98. The molecule has 1 aromatic rings. The molecule has 10 heteroatoms. The molecule has 6 N–H and O–H groups in total. The molecule has 4 atom stereocenters. The highest BCUT2D eigenvalue weighted by Crippen LogP contribution is 2.05. The second kappa shape index (κ2) is 11.5. The largest absolute Gasteiger partial charge is 0.394 e. The Labute approximate surface area is 153 Å². The number of hydrogen-bond acceptors (Lipinski definition) is 10. The van der Waals surface area contributed by atoms with Gasteiger partial charge >= 0.3 is 0 Å². The van der Waals surface area contributed by atoms with Gasteiger partial charge in [-0.3, -0.25) is 19.8 Å². The van der Waals surface area contributed by atoms with Crippen LogP contribution in [0.4, 0.5) is 0 Å². The third-order valence-electron chi connectivity index (χ3n) is 3.88. The Kier molecular flexibility index (Phi) is 10.1. The van der Waals surface area contributed by atoms with Crippen LogP contribution in [0.15, 0.2) is 12.4 Å². The highest BCUT2D eigenvalue weighted by molar-refractivity contribution is 5.02. The quantitative estimate of drug-likeness (QED) is 0.220. The van der Waals surface area contributed by atoms with Crippen LogP contribution in [0.25, 0.3) is 0 Å². The number of aliphatic hydroxyl groups excluding tert-OH is 6. The SMILES string of the molecule is CN(Cc1cnc(CN(C)CC(O)C(O)CO)cn1)CC(O)C(O)CO. The molecule has 26 heavy (non-hydrogen) atoms. The molecule has 1 heterocycles. The fourth-order valence-electron chi connectivity index (χ4n) is 2.35. The first kappa shape index (κ1) is 22.8. The van der Waals surface area contributed by atoms with Gasteiger partial charge in [0.05, 0.1) is 49.2 Å². The fraction of sp³-hybridized carbons (Fsp3) is 0.750.